The third kappa shape index (κ3) is 5.86. The van der Waals surface area contributed by atoms with Crippen LogP contribution in [0.25, 0.3) is 0 Å². The van der Waals surface area contributed by atoms with Crippen LogP contribution in [0.1, 0.15) is 145 Å². The maximum Gasteiger partial charge on any atom is 0.309 e. The molecule has 0 saturated heterocycles. The molecule has 8 atom stereocenters. The van der Waals surface area contributed by atoms with Crippen LogP contribution >= 0.6 is 0 Å². The minimum absolute atomic E-state index is 0.0178. The maximum absolute atomic E-state index is 14.0. The quantitative estimate of drug-likeness (QED) is 0.175. The second-order valence-electron chi connectivity index (χ2n) is 20.5. The van der Waals surface area contributed by atoms with Crippen molar-refractivity contribution in [3.8, 4) is 0 Å². The predicted molar refractivity (Wildman–Crippen MR) is 208 cm³/mol. The SMILES string of the molecule is CC(C)C1=C2C3CCC4[C@@]5(C)CCC(OC(=O)CC(C)(C)C(=O)O)C(C)(C)C5(C)CC[C@@]4(C)[C@]3(C)CCC2(CCNCCc2ccccc2)CC1=O. The van der Waals surface area contributed by atoms with Gasteiger partial charge in [-0.1, -0.05) is 91.3 Å². The topological polar surface area (TPSA) is 92.7 Å². The van der Waals surface area contributed by atoms with Gasteiger partial charge in [-0.25, -0.2) is 0 Å². The van der Waals surface area contributed by atoms with Crippen molar-refractivity contribution in [3.05, 3.63) is 47.0 Å². The van der Waals surface area contributed by atoms with Crippen molar-refractivity contribution >= 4 is 17.7 Å². The van der Waals surface area contributed by atoms with Gasteiger partial charge in [0, 0.05) is 17.3 Å². The van der Waals surface area contributed by atoms with Gasteiger partial charge in [0.15, 0.2) is 5.78 Å². The normalized spacial score (nSPS) is 38.3. The number of ether oxygens (including phenoxy) is 1. The van der Waals surface area contributed by atoms with Crippen molar-refractivity contribution < 1.29 is 24.2 Å². The number of benzene rings is 1. The van der Waals surface area contributed by atoms with Gasteiger partial charge in [0.25, 0.3) is 0 Å². The number of carbonyl (C=O) groups is 3. The van der Waals surface area contributed by atoms with E-state index in [1.807, 2.05) is 0 Å². The number of carbonyl (C=O) groups excluding carboxylic acids is 2. The van der Waals surface area contributed by atoms with Crippen molar-refractivity contribution in [2.75, 3.05) is 13.1 Å². The number of aliphatic carboxylic acids is 1. The summed E-state index contributed by atoms with van der Waals surface area (Å²) in [4.78, 5) is 39.0. The number of hydrogen-bond donors (Lipinski definition) is 2. The van der Waals surface area contributed by atoms with E-state index in [0.717, 1.165) is 64.5 Å². The smallest absolute Gasteiger partial charge is 0.309 e. The summed E-state index contributed by atoms with van der Waals surface area (Å²) < 4.78 is 6.25. The Hall–Kier alpha value is -2.47. The first-order valence-electron chi connectivity index (χ1n) is 20.6. The summed E-state index contributed by atoms with van der Waals surface area (Å²) in [5.41, 5.74) is 2.93. The van der Waals surface area contributed by atoms with Crippen LogP contribution < -0.4 is 5.32 Å². The van der Waals surface area contributed by atoms with E-state index in [9.17, 15) is 19.5 Å². The minimum Gasteiger partial charge on any atom is -0.481 e. The Balaban J connectivity index is 1.25. The van der Waals surface area contributed by atoms with Crippen molar-refractivity contribution in [2.24, 2.45) is 55.7 Å². The molecule has 1 aromatic rings. The Morgan fingerprint density at radius 2 is 1.56 bits per heavy atom. The van der Waals surface area contributed by atoms with E-state index >= 15 is 0 Å². The number of esters is 1. The highest BCUT2D eigenvalue weighted by atomic mass is 16.5. The summed E-state index contributed by atoms with van der Waals surface area (Å²) >= 11 is 0. The molecule has 5 unspecified atom stereocenters. The average molecular weight is 716 g/mol. The first-order chi connectivity index (χ1) is 24.2. The van der Waals surface area contributed by atoms with Crippen LogP contribution in [0.2, 0.25) is 0 Å². The molecule has 0 spiro atoms. The van der Waals surface area contributed by atoms with Crippen LogP contribution in [-0.2, 0) is 25.5 Å². The lowest BCUT2D eigenvalue weighted by atomic mass is 9.29. The minimum atomic E-state index is -1.15. The van der Waals surface area contributed by atoms with Crippen LogP contribution in [-0.4, -0.2) is 42.0 Å². The molecule has 0 aromatic heterocycles. The van der Waals surface area contributed by atoms with Gasteiger partial charge in [-0.2, -0.15) is 0 Å². The highest BCUT2D eigenvalue weighted by Crippen LogP contribution is 2.79. The van der Waals surface area contributed by atoms with Gasteiger partial charge in [0.2, 0.25) is 0 Å². The lowest BCUT2D eigenvalue weighted by molar-refractivity contribution is -0.271. The van der Waals surface area contributed by atoms with E-state index in [0.29, 0.717) is 24.0 Å². The van der Waals surface area contributed by atoms with Crippen molar-refractivity contribution in [3.63, 3.8) is 0 Å². The van der Waals surface area contributed by atoms with Crippen molar-refractivity contribution in [1.29, 1.82) is 0 Å². The molecule has 0 bridgehead atoms. The molecule has 0 heterocycles. The number of ketones is 1. The number of nitrogens with one attached hydrogen (secondary N) is 1. The number of fused-ring (bicyclic) bond motifs is 7. The largest absolute Gasteiger partial charge is 0.481 e. The second kappa shape index (κ2) is 13.4. The van der Waals surface area contributed by atoms with Gasteiger partial charge in [-0.3, -0.25) is 14.4 Å². The first-order valence-corrected chi connectivity index (χ1v) is 20.6. The van der Waals surface area contributed by atoms with Gasteiger partial charge >= 0.3 is 11.9 Å². The Kier molecular flexibility index (Phi) is 10.1. The monoisotopic (exact) mass is 716 g/mol. The first kappa shape index (κ1) is 39.2. The molecule has 4 fully saturated rings. The summed E-state index contributed by atoms with van der Waals surface area (Å²) in [5.74, 6) is 0.256. The van der Waals surface area contributed by atoms with Crippen LogP contribution in [0.15, 0.2) is 41.5 Å². The van der Waals surface area contributed by atoms with E-state index in [4.69, 9.17) is 4.74 Å². The standard InChI is InChI=1S/C46H69NO5/c1-30(2)37-33(48)28-46(25-27-47-26-19-31-14-12-11-13-15-31)24-22-42(7)32(38(37)46)16-17-34-43(42,8)21-23-45(10)41(5,6)35(18-20-44(34,45)9)52-36(49)29-40(3,4)39(50)51/h11-15,30,32,34-35,47H,16-29H2,1-10H3,(H,50,51)/t32?,34?,35?,42-,43-,44-,45?,46?/m1/s1. The maximum atomic E-state index is 14.0. The number of carboxylic acid groups (broad SMARTS) is 1. The Labute approximate surface area is 314 Å². The lowest BCUT2D eigenvalue weighted by Gasteiger charge is -2.75. The summed E-state index contributed by atoms with van der Waals surface area (Å²) in [6.07, 6.45) is 11.0. The predicted octanol–water partition coefficient (Wildman–Crippen LogP) is 9.99. The third-order valence-electron chi connectivity index (χ3n) is 17.3. The molecule has 6 rings (SSSR count). The van der Waals surface area contributed by atoms with E-state index < -0.39 is 17.4 Å². The van der Waals surface area contributed by atoms with Crippen LogP contribution in [0.5, 0.6) is 0 Å². The van der Waals surface area contributed by atoms with Gasteiger partial charge in [-0.05, 0) is 142 Å². The number of Topliss-reactive ketones (excluding diaryl/α,β-unsaturated/α-hetero) is 1. The molecule has 6 nitrogen and oxygen atoms in total. The molecule has 52 heavy (non-hydrogen) atoms. The van der Waals surface area contributed by atoms with Crippen molar-refractivity contribution in [2.45, 2.75) is 152 Å². The van der Waals surface area contributed by atoms with Crippen LogP contribution in [0.4, 0.5) is 0 Å². The molecular formula is C46H69NO5. The van der Waals surface area contributed by atoms with E-state index in [-0.39, 0.29) is 50.9 Å². The second-order valence-corrected chi connectivity index (χ2v) is 20.5. The zero-order valence-corrected chi connectivity index (χ0v) is 34.2. The molecule has 5 aliphatic carbocycles. The van der Waals surface area contributed by atoms with Gasteiger partial charge < -0.3 is 15.2 Å². The summed E-state index contributed by atoms with van der Waals surface area (Å²) in [6.45, 7) is 24.5. The zero-order valence-electron chi connectivity index (χ0n) is 34.2. The van der Waals surface area contributed by atoms with E-state index in [1.54, 1.807) is 19.4 Å². The molecule has 1 aromatic carbocycles. The molecular weight excluding hydrogens is 647 g/mol. The van der Waals surface area contributed by atoms with Crippen molar-refractivity contribution in [1.82, 2.24) is 5.32 Å². The molecule has 288 valence electrons. The third-order valence-corrected chi connectivity index (χ3v) is 17.3. The Morgan fingerprint density at radius 1 is 0.885 bits per heavy atom. The van der Waals surface area contributed by atoms with Gasteiger partial charge in [0.05, 0.1) is 11.8 Å². The Bertz CT molecular complexity index is 1590. The molecule has 0 radical (unpaired) electrons. The molecule has 2 N–H and O–H groups in total. The highest BCUT2D eigenvalue weighted by molar-refractivity contribution is 6.00. The molecule has 0 amide bonds. The lowest BCUT2D eigenvalue weighted by Crippen LogP contribution is -2.69. The fourth-order valence-electron chi connectivity index (χ4n) is 13.4. The summed E-state index contributed by atoms with van der Waals surface area (Å²) in [5, 5.41) is 13.4. The molecule has 4 saturated carbocycles. The number of rotatable bonds is 11. The van der Waals surface area contributed by atoms with Crippen LogP contribution in [0, 0.1) is 55.7 Å². The fraction of sp³-hybridized carbons (Fsp3) is 0.761. The number of carboxylic acids is 1. The van der Waals surface area contributed by atoms with E-state index in [1.165, 1.54) is 24.0 Å². The number of allylic oxidation sites excluding steroid dienone is 2. The Morgan fingerprint density at radius 3 is 2.21 bits per heavy atom. The summed E-state index contributed by atoms with van der Waals surface area (Å²) in [6, 6.07) is 10.7. The average Bonchev–Trinajstić information content (AvgIpc) is 3.37. The molecule has 5 aliphatic rings. The zero-order chi connectivity index (χ0) is 38.1. The number of hydrogen-bond acceptors (Lipinski definition) is 5. The van der Waals surface area contributed by atoms with Gasteiger partial charge in [0.1, 0.15) is 6.10 Å². The highest BCUT2D eigenvalue weighted by Gasteiger charge is 2.73. The molecule has 6 heteroatoms. The van der Waals surface area contributed by atoms with Crippen LogP contribution in [0.3, 0.4) is 0 Å². The molecule has 0 aliphatic heterocycles. The summed E-state index contributed by atoms with van der Waals surface area (Å²) in [7, 11) is 0. The fourth-order valence-corrected chi connectivity index (χ4v) is 13.4. The van der Waals surface area contributed by atoms with Gasteiger partial charge in [-0.15, -0.1) is 0 Å². The van der Waals surface area contributed by atoms with E-state index in [2.05, 4.69) is 91.0 Å².